The number of rotatable bonds is 6. The standard InChI is InChI=1S/C17H26N2O2.ClH/c1-4-17(5-2)14(10-15(17)21-3)19-16(20)13-8-6-12(11-18)7-9-13;/h6-9,14-15H,4-5,10-11,18H2,1-3H3,(H,19,20);1H. The molecule has 1 aliphatic rings. The monoisotopic (exact) mass is 326 g/mol. The quantitative estimate of drug-likeness (QED) is 0.844. The molecule has 1 aliphatic carbocycles. The molecule has 4 nitrogen and oxygen atoms in total. The maximum absolute atomic E-state index is 12.4. The van der Waals surface area contributed by atoms with E-state index in [0.29, 0.717) is 12.1 Å². The van der Waals surface area contributed by atoms with Crippen LogP contribution in [0.25, 0.3) is 0 Å². The Morgan fingerprint density at radius 2 is 1.91 bits per heavy atom. The van der Waals surface area contributed by atoms with Crippen LogP contribution in [0.5, 0.6) is 0 Å². The number of hydrogen-bond donors (Lipinski definition) is 2. The summed E-state index contributed by atoms with van der Waals surface area (Å²) >= 11 is 0. The Morgan fingerprint density at radius 3 is 2.36 bits per heavy atom. The molecule has 0 spiro atoms. The molecular weight excluding hydrogens is 300 g/mol. The van der Waals surface area contributed by atoms with Crippen LogP contribution in [0.3, 0.4) is 0 Å². The molecule has 0 bridgehead atoms. The zero-order valence-corrected chi connectivity index (χ0v) is 14.4. The van der Waals surface area contributed by atoms with Crippen LogP contribution in [0.4, 0.5) is 0 Å². The van der Waals surface area contributed by atoms with Crippen molar-refractivity contribution in [1.29, 1.82) is 0 Å². The number of carbonyl (C=O) groups is 1. The smallest absolute Gasteiger partial charge is 0.251 e. The van der Waals surface area contributed by atoms with Crippen molar-refractivity contribution in [3.05, 3.63) is 35.4 Å². The van der Waals surface area contributed by atoms with Gasteiger partial charge >= 0.3 is 0 Å². The average molecular weight is 327 g/mol. The summed E-state index contributed by atoms with van der Waals surface area (Å²) in [6, 6.07) is 7.67. The Bertz CT molecular complexity index is 486. The van der Waals surface area contributed by atoms with E-state index < -0.39 is 0 Å². The molecule has 3 N–H and O–H groups in total. The van der Waals surface area contributed by atoms with E-state index in [2.05, 4.69) is 19.2 Å². The van der Waals surface area contributed by atoms with Crippen LogP contribution in [0.15, 0.2) is 24.3 Å². The SMILES string of the molecule is CCC1(CC)C(NC(=O)c2ccc(CN)cc2)CC1OC.Cl. The molecule has 0 radical (unpaired) electrons. The van der Waals surface area contributed by atoms with Gasteiger partial charge in [0.15, 0.2) is 0 Å². The molecule has 1 aromatic rings. The van der Waals surface area contributed by atoms with E-state index in [4.69, 9.17) is 10.5 Å². The number of methoxy groups -OCH3 is 1. The van der Waals surface area contributed by atoms with Crippen LogP contribution in [0, 0.1) is 5.41 Å². The van der Waals surface area contributed by atoms with Gasteiger partial charge in [0.25, 0.3) is 5.91 Å². The van der Waals surface area contributed by atoms with Crippen molar-refractivity contribution in [2.75, 3.05) is 7.11 Å². The van der Waals surface area contributed by atoms with E-state index in [1.54, 1.807) is 7.11 Å². The number of ether oxygens (including phenoxy) is 1. The van der Waals surface area contributed by atoms with E-state index in [1.165, 1.54) is 0 Å². The molecule has 124 valence electrons. The molecule has 2 atom stereocenters. The average Bonchev–Trinajstić information content (AvgIpc) is 2.52. The van der Waals surface area contributed by atoms with E-state index in [9.17, 15) is 4.79 Å². The first kappa shape index (κ1) is 18.9. The summed E-state index contributed by atoms with van der Waals surface area (Å²) in [5.74, 6) is -0.00982. The van der Waals surface area contributed by atoms with Gasteiger partial charge in [-0.2, -0.15) is 0 Å². The first-order valence-electron chi connectivity index (χ1n) is 7.74. The summed E-state index contributed by atoms with van der Waals surface area (Å²) < 4.78 is 5.57. The predicted molar refractivity (Wildman–Crippen MR) is 91.3 cm³/mol. The molecule has 2 rings (SSSR count). The van der Waals surface area contributed by atoms with Gasteiger partial charge < -0.3 is 15.8 Å². The minimum Gasteiger partial charge on any atom is -0.381 e. The van der Waals surface area contributed by atoms with Crippen LogP contribution in [0.1, 0.15) is 49.0 Å². The number of hydrogen-bond acceptors (Lipinski definition) is 3. The topological polar surface area (TPSA) is 64.4 Å². The van der Waals surface area contributed by atoms with Crippen LogP contribution in [-0.2, 0) is 11.3 Å². The third-order valence-corrected chi connectivity index (χ3v) is 5.14. The Hall–Kier alpha value is -1.10. The fraction of sp³-hybridized carbons (Fsp3) is 0.588. The van der Waals surface area contributed by atoms with Gasteiger partial charge in [0.2, 0.25) is 0 Å². The number of nitrogens with one attached hydrogen (secondary N) is 1. The number of halogens is 1. The molecule has 1 amide bonds. The zero-order valence-electron chi connectivity index (χ0n) is 13.6. The second-order valence-corrected chi connectivity index (χ2v) is 5.83. The van der Waals surface area contributed by atoms with Crippen molar-refractivity contribution < 1.29 is 9.53 Å². The van der Waals surface area contributed by atoms with Gasteiger partial charge in [-0.15, -0.1) is 12.4 Å². The largest absolute Gasteiger partial charge is 0.381 e. The van der Waals surface area contributed by atoms with E-state index >= 15 is 0 Å². The minimum atomic E-state index is -0.00982. The van der Waals surface area contributed by atoms with Gasteiger partial charge in [0, 0.05) is 30.7 Å². The summed E-state index contributed by atoms with van der Waals surface area (Å²) in [4.78, 5) is 12.4. The van der Waals surface area contributed by atoms with Crippen LogP contribution in [0.2, 0.25) is 0 Å². The van der Waals surface area contributed by atoms with Crippen molar-refractivity contribution in [1.82, 2.24) is 5.32 Å². The zero-order chi connectivity index (χ0) is 15.5. The van der Waals surface area contributed by atoms with Crippen LogP contribution >= 0.6 is 12.4 Å². The van der Waals surface area contributed by atoms with Crippen LogP contribution in [-0.4, -0.2) is 25.2 Å². The Labute approximate surface area is 139 Å². The molecule has 0 saturated heterocycles. The number of carbonyl (C=O) groups excluding carboxylic acids is 1. The second kappa shape index (κ2) is 7.95. The van der Waals surface area contributed by atoms with E-state index in [0.717, 1.165) is 24.8 Å². The van der Waals surface area contributed by atoms with E-state index in [1.807, 2.05) is 24.3 Å². The van der Waals surface area contributed by atoms with E-state index in [-0.39, 0.29) is 35.9 Å². The van der Waals surface area contributed by atoms with Gasteiger partial charge in [-0.3, -0.25) is 4.79 Å². The lowest BCUT2D eigenvalue weighted by molar-refractivity contribution is -0.120. The highest BCUT2D eigenvalue weighted by Gasteiger charge is 2.53. The van der Waals surface area contributed by atoms with Gasteiger partial charge in [-0.25, -0.2) is 0 Å². The highest BCUT2D eigenvalue weighted by molar-refractivity contribution is 5.94. The second-order valence-electron chi connectivity index (χ2n) is 5.83. The lowest BCUT2D eigenvalue weighted by Crippen LogP contribution is -2.64. The third-order valence-electron chi connectivity index (χ3n) is 5.14. The van der Waals surface area contributed by atoms with Gasteiger partial charge in [-0.05, 0) is 37.0 Å². The summed E-state index contributed by atoms with van der Waals surface area (Å²) in [6.45, 7) is 4.84. The molecule has 22 heavy (non-hydrogen) atoms. The maximum atomic E-state index is 12.4. The molecule has 1 aromatic carbocycles. The summed E-state index contributed by atoms with van der Waals surface area (Å²) in [6.07, 6.45) is 3.17. The van der Waals surface area contributed by atoms with Crippen molar-refractivity contribution in [3.8, 4) is 0 Å². The molecule has 0 aromatic heterocycles. The fourth-order valence-electron chi connectivity index (χ4n) is 3.51. The first-order valence-corrected chi connectivity index (χ1v) is 7.74. The number of amides is 1. The van der Waals surface area contributed by atoms with Crippen molar-refractivity contribution in [2.45, 2.75) is 51.8 Å². The van der Waals surface area contributed by atoms with Gasteiger partial charge in [0.1, 0.15) is 0 Å². The number of nitrogens with two attached hydrogens (primary N) is 1. The van der Waals surface area contributed by atoms with Crippen LogP contribution < -0.4 is 11.1 Å². The Morgan fingerprint density at radius 1 is 1.32 bits per heavy atom. The van der Waals surface area contributed by atoms with Crippen molar-refractivity contribution >= 4 is 18.3 Å². The first-order chi connectivity index (χ1) is 10.1. The minimum absolute atomic E-state index is 0. The summed E-state index contributed by atoms with van der Waals surface area (Å²) in [7, 11) is 1.76. The molecule has 1 saturated carbocycles. The van der Waals surface area contributed by atoms with Gasteiger partial charge in [0.05, 0.1) is 6.10 Å². The summed E-state index contributed by atoms with van der Waals surface area (Å²) in [5.41, 5.74) is 7.37. The van der Waals surface area contributed by atoms with Gasteiger partial charge in [-0.1, -0.05) is 26.0 Å². The Balaban J connectivity index is 0.00000242. The molecular formula is C17H27ClN2O2. The Kier molecular flexibility index (Phi) is 6.85. The molecule has 2 unspecified atom stereocenters. The number of benzene rings is 1. The fourth-order valence-corrected chi connectivity index (χ4v) is 3.51. The molecule has 0 aliphatic heterocycles. The molecule has 1 fully saturated rings. The highest BCUT2D eigenvalue weighted by atomic mass is 35.5. The maximum Gasteiger partial charge on any atom is 0.251 e. The summed E-state index contributed by atoms with van der Waals surface area (Å²) in [5, 5.41) is 3.18. The molecule has 5 heteroatoms. The predicted octanol–water partition coefficient (Wildman–Crippen LogP) is 2.89. The normalized spacial score (nSPS) is 22.4. The third kappa shape index (κ3) is 3.29. The lowest BCUT2D eigenvalue weighted by Gasteiger charge is -2.55. The lowest BCUT2D eigenvalue weighted by atomic mass is 9.58. The molecule has 0 heterocycles. The van der Waals surface area contributed by atoms with Crippen molar-refractivity contribution in [3.63, 3.8) is 0 Å². The van der Waals surface area contributed by atoms with Crippen molar-refractivity contribution in [2.24, 2.45) is 11.1 Å². The highest BCUT2D eigenvalue weighted by Crippen LogP contribution is 2.48.